The van der Waals surface area contributed by atoms with Gasteiger partial charge in [0, 0.05) is 0 Å². The lowest BCUT2D eigenvalue weighted by molar-refractivity contribution is 0.108. The van der Waals surface area contributed by atoms with Crippen molar-refractivity contribution < 1.29 is 4.79 Å². The molecule has 0 fully saturated rings. The zero-order chi connectivity index (χ0) is 10.9. The third-order valence-corrected chi connectivity index (χ3v) is 2.56. The lowest BCUT2D eigenvalue weighted by Crippen LogP contribution is -2.11. The summed E-state index contributed by atoms with van der Waals surface area (Å²) in [4.78, 5) is 10.9. The van der Waals surface area contributed by atoms with Crippen LogP contribution in [0.15, 0.2) is 18.2 Å². The van der Waals surface area contributed by atoms with Crippen molar-refractivity contribution in [1.29, 1.82) is 0 Å². The summed E-state index contributed by atoms with van der Waals surface area (Å²) in [6, 6.07) is 5.33. The largest absolute Gasteiger partial charge is 0.276 e. The van der Waals surface area contributed by atoms with Crippen molar-refractivity contribution in [2.75, 3.05) is 0 Å². The maximum atomic E-state index is 10.9. The Labute approximate surface area is 94.0 Å². The van der Waals surface area contributed by atoms with Crippen LogP contribution in [0.3, 0.4) is 0 Å². The molecule has 0 aliphatic heterocycles. The van der Waals surface area contributed by atoms with E-state index in [0.29, 0.717) is 10.6 Å². The van der Waals surface area contributed by atoms with Crippen molar-refractivity contribution in [2.24, 2.45) is 0 Å². The molecule has 0 amide bonds. The third kappa shape index (κ3) is 2.49. The fourth-order valence-electron chi connectivity index (χ4n) is 1.14. The summed E-state index contributed by atoms with van der Waals surface area (Å²) in [5.74, 6) is 0. The van der Waals surface area contributed by atoms with Crippen LogP contribution >= 0.6 is 23.2 Å². The SMILES string of the molecule is CC(C)(C)c1ccc(C(=O)Cl)c(Cl)c1. The fraction of sp³-hybridized carbons (Fsp3) is 0.364. The van der Waals surface area contributed by atoms with Crippen LogP contribution in [-0.4, -0.2) is 5.24 Å². The van der Waals surface area contributed by atoms with Crippen LogP contribution < -0.4 is 0 Å². The first-order valence-electron chi connectivity index (χ1n) is 4.32. The molecule has 0 aliphatic carbocycles. The molecule has 0 heterocycles. The number of benzene rings is 1. The fourth-order valence-corrected chi connectivity index (χ4v) is 1.62. The second-order valence-electron chi connectivity index (χ2n) is 4.22. The Morgan fingerprint density at radius 3 is 2.21 bits per heavy atom. The van der Waals surface area contributed by atoms with Crippen molar-refractivity contribution >= 4 is 28.4 Å². The van der Waals surface area contributed by atoms with Gasteiger partial charge in [0.1, 0.15) is 0 Å². The first kappa shape index (κ1) is 11.5. The summed E-state index contributed by atoms with van der Waals surface area (Å²) in [5, 5.41) is -0.104. The number of carbonyl (C=O) groups is 1. The topological polar surface area (TPSA) is 17.1 Å². The number of carbonyl (C=O) groups excluding carboxylic acids is 1. The van der Waals surface area contributed by atoms with Gasteiger partial charge in [-0.2, -0.15) is 0 Å². The summed E-state index contributed by atoms with van der Waals surface area (Å²) in [7, 11) is 0. The van der Waals surface area contributed by atoms with Gasteiger partial charge in [-0.3, -0.25) is 4.79 Å². The molecule has 0 N–H and O–H groups in total. The quantitative estimate of drug-likeness (QED) is 0.667. The van der Waals surface area contributed by atoms with Gasteiger partial charge in [0.2, 0.25) is 0 Å². The van der Waals surface area contributed by atoms with Crippen LogP contribution in [0.5, 0.6) is 0 Å². The molecule has 0 bridgehead atoms. The van der Waals surface area contributed by atoms with Crippen LogP contribution in [0, 0.1) is 0 Å². The molecule has 76 valence electrons. The summed E-state index contributed by atoms with van der Waals surface area (Å²) < 4.78 is 0. The maximum absolute atomic E-state index is 10.9. The predicted octanol–water partition coefficient (Wildman–Crippen LogP) is 4.02. The molecule has 0 radical (unpaired) electrons. The summed E-state index contributed by atoms with van der Waals surface area (Å²) in [6.45, 7) is 6.25. The molecule has 0 aromatic heterocycles. The van der Waals surface area contributed by atoms with Gasteiger partial charge < -0.3 is 0 Å². The van der Waals surface area contributed by atoms with E-state index in [0.717, 1.165) is 5.56 Å². The van der Waals surface area contributed by atoms with Crippen LogP contribution in [0.1, 0.15) is 36.7 Å². The molecule has 0 unspecified atom stereocenters. The van der Waals surface area contributed by atoms with E-state index >= 15 is 0 Å². The third-order valence-electron chi connectivity index (χ3n) is 2.05. The van der Waals surface area contributed by atoms with E-state index in [4.69, 9.17) is 23.2 Å². The Bertz CT molecular complexity index is 364. The molecular weight excluding hydrogens is 219 g/mol. The summed E-state index contributed by atoms with van der Waals surface area (Å²) >= 11 is 11.3. The average Bonchev–Trinajstić information content (AvgIpc) is 2.01. The molecule has 14 heavy (non-hydrogen) atoms. The first-order valence-corrected chi connectivity index (χ1v) is 5.08. The molecule has 0 saturated carbocycles. The molecular formula is C11H12Cl2O. The molecule has 0 atom stereocenters. The molecule has 1 aromatic carbocycles. The van der Waals surface area contributed by atoms with Crippen molar-refractivity contribution in [3.05, 3.63) is 34.3 Å². The predicted molar refractivity (Wildman–Crippen MR) is 60.3 cm³/mol. The van der Waals surface area contributed by atoms with E-state index in [1.165, 1.54) is 0 Å². The second kappa shape index (κ2) is 3.92. The molecule has 1 nitrogen and oxygen atoms in total. The van der Waals surface area contributed by atoms with Crippen molar-refractivity contribution in [1.82, 2.24) is 0 Å². The van der Waals surface area contributed by atoms with Gasteiger partial charge in [-0.05, 0) is 34.7 Å². The maximum Gasteiger partial charge on any atom is 0.253 e. The van der Waals surface area contributed by atoms with Gasteiger partial charge in [0.05, 0.1) is 10.6 Å². The van der Waals surface area contributed by atoms with E-state index in [9.17, 15) is 4.79 Å². The van der Waals surface area contributed by atoms with E-state index in [1.54, 1.807) is 12.1 Å². The van der Waals surface area contributed by atoms with E-state index in [1.807, 2.05) is 6.07 Å². The van der Waals surface area contributed by atoms with Gasteiger partial charge in [-0.25, -0.2) is 0 Å². The minimum Gasteiger partial charge on any atom is -0.276 e. The lowest BCUT2D eigenvalue weighted by Gasteiger charge is -2.19. The van der Waals surface area contributed by atoms with Gasteiger partial charge in [-0.1, -0.05) is 38.4 Å². The van der Waals surface area contributed by atoms with E-state index < -0.39 is 5.24 Å². The molecule has 0 saturated heterocycles. The number of hydrogen-bond donors (Lipinski definition) is 0. The molecule has 0 spiro atoms. The molecule has 0 aliphatic rings. The molecule has 1 aromatic rings. The number of rotatable bonds is 1. The number of hydrogen-bond acceptors (Lipinski definition) is 1. The standard InChI is InChI=1S/C11H12Cl2O/c1-11(2,3)7-4-5-8(10(13)14)9(12)6-7/h4-6H,1-3H3. The zero-order valence-electron chi connectivity index (χ0n) is 8.40. The van der Waals surface area contributed by atoms with Crippen LogP contribution in [0.25, 0.3) is 0 Å². The minimum absolute atomic E-state index is 0.0253. The second-order valence-corrected chi connectivity index (χ2v) is 4.97. The Balaban J connectivity index is 3.20. The summed E-state index contributed by atoms with van der Waals surface area (Å²) in [5.41, 5.74) is 1.47. The highest BCUT2D eigenvalue weighted by Crippen LogP contribution is 2.27. The highest BCUT2D eigenvalue weighted by Gasteiger charge is 2.16. The monoisotopic (exact) mass is 230 g/mol. The lowest BCUT2D eigenvalue weighted by atomic mass is 9.87. The highest BCUT2D eigenvalue weighted by atomic mass is 35.5. The Morgan fingerprint density at radius 2 is 1.86 bits per heavy atom. The minimum atomic E-state index is -0.518. The molecule has 3 heteroatoms. The highest BCUT2D eigenvalue weighted by molar-refractivity contribution is 6.68. The van der Waals surface area contributed by atoms with Gasteiger partial charge in [0.15, 0.2) is 0 Å². The zero-order valence-corrected chi connectivity index (χ0v) is 9.91. The summed E-state index contributed by atoms with van der Waals surface area (Å²) in [6.07, 6.45) is 0. The van der Waals surface area contributed by atoms with Gasteiger partial charge in [0.25, 0.3) is 5.24 Å². The number of halogens is 2. The van der Waals surface area contributed by atoms with Gasteiger partial charge in [-0.15, -0.1) is 0 Å². The smallest absolute Gasteiger partial charge is 0.253 e. The first-order chi connectivity index (χ1) is 6.32. The normalized spacial score (nSPS) is 11.5. The van der Waals surface area contributed by atoms with Crippen molar-refractivity contribution in [2.45, 2.75) is 26.2 Å². The Kier molecular flexibility index (Phi) is 3.23. The van der Waals surface area contributed by atoms with E-state index in [2.05, 4.69) is 20.8 Å². The van der Waals surface area contributed by atoms with Crippen LogP contribution in [0.2, 0.25) is 5.02 Å². The Hall–Kier alpha value is -0.530. The Morgan fingerprint density at radius 1 is 1.29 bits per heavy atom. The van der Waals surface area contributed by atoms with Crippen LogP contribution in [-0.2, 0) is 5.41 Å². The average molecular weight is 231 g/mol. The molecule has 1 rings (SSSR count). The van der Waals surface area contributed by atoms with Crippen molar-refractivity contribution in [3.63, 3.8) is 0 Å². The van der Waals surface area contributed by atoms with Crippen molar-refractivity contribution in [3.8, 4) is 0 Å². The van der Waals surface area contributed by atoms with E-state index in [-0.39, 0.29) is 5.41 Å². The van der Waals surface area contributed by atoms with Gasteiger partial charge >= 0.3 is 0 Å². The van der Waals surface area contributed by atoms with Crippen LogP contribution in [0.4, 0.5) is 0 Å².